The van der Waals surface area contributed by atoms with Crippen LogP contribution in [0.25, 0.3) is 0 Å². The molecule has 0 amide bonds. The number of hydrogen-bond donors (Lipinski definition) is 1. The predicted octanol–water partition coefficient (Wildman–Crippen LogP) is 5.35. The third kappa shape index (κ3) is 7.68. The van der Waals surface area contributed by atoms with Gasteiger partial charge in [0.25, 0.3) is 0 Å². The van der Waals surface area contributed by atoms with Gasteiger partial charge in [0, 0.05) is 32.7 Å². The second kappa shape index (κ2) is 14.4. The lowest BCUT2D eigenvalue weighted by molar-refractivity contribution is 0.0106. The maximum Gasteiger partial charge on any atom is 0.142 e. The number of rotatable bonds is 13. The largest absolute Gasteiger partial charge is 0.490 e. The van der Waals surface area contributed by atoms with Crippen LogP contribution in [0.1, 0.15) is 35.4 Å². The Morgan fingerprint density at radius 3 is 2.62 bits per heavy atom. The van der Waals surface area contributed by atoms with Crippen molar-refractivity contribution >= 4 is 5.69 Å². The zero-order valence-electron chi connectivity index (χ0n) is 23.8. The van der Waals surface area contributed by atoms with Crippen LogP contribution in [-0.4, -0.2) is 65.8 Å². The van der Waals surface area contributed by atoms with Crippen molar-refractivity contribution in [2.45, 2.75) is 38.4 Å². The molecule has 0 bridgehead atoms. The first kappa shape index (κ1) is 28.3. The average molecular weight is 547 g/mol. The fourth-order valence-corrected chi connectivity index (χ4v) is 5.47. The van der Waals surface area contributed by atoms with E-state index in [4.69, 9.17) is 23.7 Å². The molecule has 1 saturated heterocycles. The molecule has 0 aliphatic carbocycles. The second-order valence-corrected chi connectivity index (χ2v) is 10.5. The van der Waals surface area contributed by atoms with Crippen LogP contribution in [0, 0.1) is 6.92 Å². The molecule has 2 atom stereocenters. The van der Waals surface area contributed by atoms with Crippen molar-refractivity contribution in [3.05, 3.63) is 83.4 Å². The van der Waals surface area contributed by atoms with Gasteiger partial charge in [0.2, 0.25) is 0 Å². The van der Waals surface area contributed by atoms with Gasteiger partial charge in [-0.3, -0.25) is 0 Å². The number of hydrogen-bond acceptors (Lipinski definition) is 7. The summed E-state index contributed by atoms with van der Waals surface area (Å²) in [7, 11) is 1.75. The van der Waals surface area contributed by atoms with Crippen LogP contribution < -0.4 is 24.4 Å². The summed E-state index contributed by atoms with van der Waals surface area (Å²) in [5.41, 5.74) is 4.80. The molecule has 2 heterocycles. The summed E-state index contributed by atoms with van der Waals surface area (Å²) < 4.78 is 29.4. The molecule has 2 aliphatic heterocycles. The van der Waals surface area contributed by atoms with Crippen molar-refractivity contribution < 1.29 is 23.7 Å². The van der Waals surface area contributed by atoms with E-state index in [9.17, 15) is 0 Å². The second-order valence-electron chi connectivity index (χ2n) is 10.5. The zero-order valence-corrected chi connectivity index (χ0v) is 23.8. The minimum absolute atomic E-state index is 0.105. The summed E-state index contributed by atoms with van der Waals surface area (Å²) in [4.78, 5) is 2.39. The molecule has 0 saturated carbocycles. The molecule has 0 radical (unpaired) electrons. The highest BCUT2D eigenvalue weighted by molar-refractivity contribution is 5.61. The topological polar surface area (TPSA) is 61.4 Å². The van der Waals surface area contributed by atoms with E-state index >= 15 is 0 Å². The summed E-state index contributed by atoms with van der Waals surface area (Å²) in [6.45, 7) is 8.82. The molecular weight excluding hydrogens is 504 g/mol. The van der Waals surface area contributed by atoms with Crippen LogP contribution in [0.4, 0.5) is 5.69 Å². The van der Waals surface area contributed by atoms with Crippen molar-refractivity contribution in [2.24, 2.45) is 0 Å². The SMILES string of the molecule is COCCCN1CCOc2ccc(COC3CNCCC3c3ccc(OCCOc4cccc(C)c4)cc3)cc21. The van der Waals surface area contributed by atoms with Gasteiger partial charge in [-0.2, -0.15) is 0 Å². The molecular formula is C33H42N2O5. The normalized spacial score (nSPS) is 18.6. The fraction of sp³-hybridized carbons (Fsp3) is 0.455. The number of benzene rings is 3. The Bertz CT molecular complexity index is 1200. The van der Waals surface area contributed by atoms with E-state index in [1.165, 1.54) is 16.7 Å². The molecule has 2 unspecified atom stereocenters. The summed E-state index contributed by atoms with van der Waals surface area (Å²) >= 11 is 0. The zero-order chi connectivity index (χ0) is 27.6. The lowest BCUT2D eigenvalue weighted by Crippen LogP contribution is -2.41. The van der Waals surface area contributed by atoms with Gasteiger partial charge in [0.1, 0.15) is 37.1 Å². The predicted molar refractivity (Wildman–Crippen MR) is 158 cm³/mol. The summed E-state index contributed by atoms with van der Waals surface area (Å²) in [6.07, 6.45) is 2.14. The molecule has 2 aliphatic rings. The Kier molecular flexibility index (Phi) is 10.2. The van der Waals surface area contributed by atoms with Crippen molar-refractivity contribution in [3.8, 4) is 17.2 Å². The van der Waals surface area contributed by atoms with Gasteiger partial charge >= 0.3 is 0 Å². The number of nitrogens with one attached hydrogen (secondary N) is 1. The van der Waals surface area contributed by atoms with Gasteiger partial charge < -0.3 is 33.9 Å². The van der Waals surface area contributed by atoms with Gasteiger partial charge in [-0.1, -0.05) is 30.3 Å². The van der Waals surface area contributed by atoms with Gasteiger partial charge in [0.15, 0.2) is 0 Å². The van der Waals surface area contributed by atoms with Crippen LogP contribution in [-0.2, 0) is 16.1 Å². The summed E-state index contributed by atoms with van der Waals surface area (Å²) in [5, 5.41) is 3.52. The molecule has 3 aromatic carbocycles. The van der Waals surface area contributed by atoms with Crippen molar-refractivity contribution in [1.29, 1.82) is 0 Å². The summed E-state index contributed by atoms with van der Waals surface area (Å²) in [5.74, 6) is 3.02. The molecule has 214 valence electrons. The molecule has 1 N–H and O–H groups in total. The first-order valence-electron chi connectivity index (χ1n) is 14.4. The van der Waals surface area contributed by atoms with E-state index in [1.807, 2.05) is 18.2 Å². The van der Waals surface area contributed by atoms with E-state index in [-0.39, 0.29) is 6.10 Å². The van der Waals surface area contributed by atoms with Crippen LogP contribution in [0.2, 0.25) is 0 Å². The van der Waals surface area contributed by atoms with E-state index in [0.29, 0.717) is 25.7 Å². The van der Waals surface area contributed by atoms with Gasteiger partial charge in [0.05, 0.1) is 24.9 Å². The van der Waals surface area contributed by atoms with Gasteiger partial charge in [-0.05, 0) is 79.4 Å². The standard InChI is InChI=1S/C33H42N2O5/c1-25-5-3-6-29(21-25)38-20-19-37-28-10-8-27(9-11-28)30-13-14-34-23-33(30)40-24-26-7-12-32-31(22-26)35(16-18-39-32)15-4-17-36-2/h3,5-12,21-22,30,33-34H,4,13-20,23-24H2,1-2H3. The van der Waals surface area contributed by atoms with Crippen LogP contribution in [0.5, 0.6) is 17.2 Å². The number of fused-ring (bicyclic) bond motifs is 1. The number of piperidine rings is 1. The molecule has 3 aromatic rings. The molecule has 0 aromatic heterocycles. The highest BCUT2D eigenvalue weighted by Crippen LogP contribution is 2.34. The molecule has 40 heavy (non-hydrogen) atoms. The van der Waals surface area contributed by atoms with Crippen LogP contribution in [0.3, 0.4) is 0 Å². The number of nitrogens with zero attached hydrogens (tertiary/aromatic N) is 1. The Morgan fingerprint density at radius 2 is 1.80 bits per heavy atom. The minimum atomic E-state index is 0.105. The molecule has 7 nitrogen and oxygen atoms in total. The average Bonchev–Trinajstić information content (AvgIpc) is 2.99. The van der Waals surface area contributed by atoms with E-state index in [2.05, 4.69) is 65.7 Å². The van der Waals surface area contributed by atoms with E-state index in [1.54, 1.807) is 7.11 Å². The fourth-order valence-electron chi connectivity index (χ4n) is 5.47. The maximum absolute atomic E-state index is 6.53. The highest BCUT2D eigenvalue weighted by Gasteiger charge is 2.27. The van der Waals surface area contributed by atoms with E-state index < -0.39 is 0 Å². The number of methoxy groups -OCH3 is 1. The Balaban J connectivity index is 1.14. The first-order chi connectivity index (χ1) is 19.7. The lowest BCUT2D eigenvalue weighted by Gasteiger charge is -2.33. The molecule has 1 fully saturated rings. The Labute approximate surface area is 238 Å². The Hall–Kier alpha value is -3.26. The minimum Gasteiger partial charge on any atom is -0.490 e. The van der Waals surface area contributed by atoms with E-state index in [0.717, 1.165) is 75.2 Å². The number of aryl methyl sites for hydroxylation is 1. The van der Waals surface area contributed by atoms with Crippen molar-refractivity contribution in [2.75, 3.05) is 64.6 Å². The van der Waals surface area contributed by atoms with Gasteiger partial charge in [-0.15, -0.1) is 0 Å². The molecule has 0 spiro atoms. The van der Waals surface area contributed by atoms with Gasteiger partial charge in [-0.25, -0.2) is 0 Å². The lowest BCUT2D eigenvalue weighted by atomic mass is 9.87. The third-order valence-corrected chi connectivity index (χ3v) is 7.57. The third-order valence-electron chi connectivity index (χ3n) is 7.57. The summed E-state index contributed by atoms with van der Waals surface area (Å²) in [6, 6.07) is 23.0. The monoisotopic (exact) mass is 546 g/mol. The van der Waals surface area contributed by atoms with Crippen molar-refractivity contribution in [3.63, 3.8) is 0 Å². The highest BCUT2D eigenvalue weighted by atomic mass is 16.5. The number of ether oxygens (including phenoxy) is 5. The Morgan fingerprint density at radius 1 is 0.950 bits per heavy atom. The number of anilines is 1. The molecule has 5 rings (SSSR count). The smallest absolute Gasteiger partial charge is 0.142 e. The van der Waals surface area contributed by atoms with Crippen molar-refractivity contribution in [1.82, 2.24) is 5.32 Å². The van der Waals surface area contributed by atoms with Crippen LogP contribution in [0.15, 0.2) is 66.7 Å². The first-order valence-corrected chi connectivity index (χ1v) is 14.4. The van der Waals surface area contributed by atoms with Crippen LogP contribution >= 0.6 is 0 Å². The quantitative estimate of drug-likeness (QED) is 0.290. The maximum atomic E-state index is 6.53. The molecule has 7 heteroatoms.